The Morgan fingerprint density at radius 2 is 2.14 bits per heavy atom. The molecule has 1 rings (SSSR count). The van der Waals surface area contributed by atoms with Crippen molar-refractivity contribution in [1.29, 1.82) is 0 Å². The number of hydrogen-bond donors (Lipinski definition) is 1. The first kappa shape index (κ1) is 11.4. The molecule has 0 amide bonds. The molecule has 0 bridgehead atoms. The van der Waals surface area contributed by atoms with Crippen molar-refractivity contribution >= 4 is 11.9 Å². The molecule has 0 radical (unpaired) electrons. The Balaban J connectivity index is 2.41. The minimum Gasteiger partial charge on any atom is -0.260 e. The van der Waals surface area contributed by atoms with E-state index in [1.807, 2.05) is 19.1 Å². The third kappa shape index (κ3) is 3.59. The second kappa shape index (κ2) is 5.93. The Labute approximate surface area is 86.3 Å². The van der Waals surface area contributed by atoms with E-state index in [2.05, 4.69) is 9.71 Å². The van der Waals surface area contributed by atoms with E-state index >= 15 is 0 Å². The summed E-state index contributed by atoms with van der Waals surface area (Å²) < 4.78 is 26.9. The zero-order valence-corrected chi connectivity index (χ0v) is 8.65. The maximum Gasteiger partial charge on any atom is 0.108 e. The molecule has 1 heterocycles. The normalized spacial score (nSPS) is 10.9. The minimum atomic E-state index is -0.735. The lowest BCUT2D eigenvalue weighted by Crippen LogP contribution is -2.27. The van der Waals surface area contributed by atoms with Crippen LogP contribution >= 0.6 is 11.9 Å². The van der Waals surface area contributed by atoms with Crippen LogP contribution in [0.2, 0.25) is 0 Å². The second-order valence-corrected chi connectivity index (χ2v) is 3.77. The summed E-state index contributed by atoms with van der Waals surface area (Å²) in [5, 5.41) is 0. The predicted molar refractivity (Wildman–Crippen MR) is 53.7 cm³/mol. The van der Waals surface area contributed by atoms with Crippen LogP contribution in [-0.2, 0) is 0 Å². The summed E-state index contributed by atoms with van der Waals surface area (Å²) in [6.45, 7) is 0.472. The van der Waals surface area contributed by atoms with Crippen molar-refractivity contribution in [1.82, 2.24) is 9.71 Å². The number of nitrogens with one attached hydrogen (secondary N) is 1. The molecule has 1 N–H and O–H groups in total. The van der Waals surface area contributed by atoms with Gasteiger partial charge in [0.15, 0.2) is 0 Å². The molecule has 14 heavy (non-hydrogen) atoms. The van der Waals surface area contributed by atoms with Gasteiger partial charge in [0.1, 0.15) is 13.3 Å². The van der Waals surface area contributed by atoms with Crippen molar-refractivity contribution in [3.05, 3.63) is 24.0 Å². The highest BCUT2D eigenvalue weighted by molar-refractivity contribution is 7.97. The lowest BCUT2D eigenvalue weighted by Gasteiger charge is -2.09. The highest BCUT2D eigenvalue weighted by Crippen LogP contribution is 2.14. The average molecular weight is 218 g/mol. The van der Waals surface area contributed by atoms with Crippen LogP contribution in [0, 0.1) is 6.92 Å². The Morgan fingerprint density at radius 3 is 2.64 bits per heavy atom. The Kier molecular flexibility index (Phi) is 4.82. The predicted octanol–water partition coefficient (Wildman–Crippen LogP) is 2.29. The van der Waals surface area contributed by atoms with Crippen molar-refractivity contribution in [2.24, 2.45) is 0 Å². The van der Waals surface area contributed by atoms with Gasteiger partial charge in [-0.05, 0) is 31.0 Å². The molecule has 0 saturated heterocycles. The number of aromatic nitrogens is 1. The molecule has 0 saturated carbocycles. The van der Waals surface area contributed by atoms with E-state index in [-0.39, 0.29) is 0 Å². The zero-order valence-electron chi connectivity index (χ0n) is 7.84. The van der Waals surface area contributed by atoms with E-state index in [9.17, 15) is 8.78 Å². The van der Waals surface area contributed by atoms with Gasteiger partial charge in [-0.15, -0.1) is 0 Å². The molecule has 0 aromatic carbocycles. The van der Waals surface area contributed by atoms with Crippen molar-refractivity contribution in [3.8, 4) is 0 Å². The molecule has 0 spiro atoms. The van der Waals surface area contributed by atoms with Crippen LogP contribution in [0.4, 0.5) is 8.78 Å². The lowest BCUT2D eigenvalue weighted by molar-refractivity contribution is 0.340. The molecular weight excluding hydrogens is 206 g/mol. The summed E-state index contributed by atoms with van der Waals surface area (Å²) in [7, 11) is 0. The summed E-state index contributed by atoms with van der Waals surface area (Å²) in [4.78, 5) is 4.91. The van der Waals surface area contributed by atoms with E-state index in [4.69, 9.17) is 0 Å². The third-order valence-electron chi connectivity index (χ3n) is 1.60. The molecule has 0 fully saturated rings. The van der Waals surface area contributed by atoms with E-state index in [1.54, 1.807) is 6.20 Å². The summed E-state index contributed by atoms with van der Waals surface area (Å²) >= 11 is 1.19. The summed E-state index contributed by atoms with van der Waals surface area (Å²) in [5.41, 5.74) is 0.918. The molecule has 1 aromatic heterocycles. The van der Waals surface area contributed by atoms with E-state index < -0.39 is 19.4 Å². The van der Waals surface area contributed by atoms with Gasteiger partial charge in [0.2, 0.25) is 0 Å². The van der Waals surface area contributed by atoms with Crippen molar-refractivity contribution < 1.29 is 8.78 Å². The van der Waals surface area contributed by atoms with Crippen LogP contribution in [0.5, 0.6) is 0 Å². The monoisotopic (exact) mass is 218 g/mol. The molecule has 0 atom stereocenters. The molecule has 1 aromatic rings. The number of aryl methyl sites for hydroxylation is 1. The number of nitrogens with zero attached hydrogens (tertiary/aromatic N) is 1. The molecule has 0 aliphatic heterocycles. The third-order valence-corrected chi connectivity index (χ3v) is 2.53. The molecule has 78 valence electrons. The van der Waals surface area contributed by atoms with Crippen molar-refractivity contribution in [2.45, 2.75) is 17.9 Å². The second-order valence-electron chi connectivity index (χ2n) is 2.86. The largest absolute Gasteiger partial charge is 0.260 e. The summed E-state index contributed by atoms with van der Waals surface area (Å²) in [5.74, 6) is 0. The lowest BCUT2D eigenvalue weighted by atomic mass is 10.4. The minimum absolute atomic E-state index is 0.706. The number of pyridine rings is 1. The first-order valence-corrected chi connectivity index (χ1v) is 5.05. The van der Waals surface area contributed by atoms with Crippen LogP contribution in [0.3, 0.4) is 0 Å². The Hall–Kier alpha value is -0.680. The van der Waals surface area contributed by atoms with E-state index in [1.165, 1.54) is 11.9 Å². The Morgan fingerprint density at radius 1 is 1.43 bits per heavy atom. The van der Waals surface area contributed by atoms with E-state index in [0.717, 1.165) is 10.6 Å². The van der Waals surface area contributed by atoms with Crippen molar-refractivity contribution in [3.63, 3.8) is 0 Å². The Bertz CT molecular complexity index is 262. The molecule has 5 heteroatoms. The highest BCUT2D eigenvalue weighted by atomic mass is 32.2. The van der Waals surface area contributed by atoms with Crippen LogP contribution in [0.25, 0.3) is 0 Å². The van der Waals surface area contributed by atoms with Crippen molar-refractivity contribution in [2.75, 3.05) is 13.3 Å². The highest BCUT2D eigenvalue weighted by Gasteiger charge is 2.06. The van der Waals surface area contributed by atoms with Crippen LogP contribution in [0.15, 0.2) is 23.2 Å². The first-order valence-electron chi connectivity index (χ1n) is 4.23. The average Bonchev–Trinajstić information content (AvgIpc) is 2.22. The smallest absolute Gasteiger partial charge is 0.108 e. The standard InChI is InChI=1S/C9H12F2N2S/c1-7-2-3-9(6-12-7)14-13-8(4-10)5-11/h2-3,6,8,13H,4-5H2,1H3. The van der Waals surface area contributed by atoms with Gasteiger partial charge < -0.3 is 0 Å². The van der Waals surface area contributed by atoms with E-state index in [0.29, 0.717) is 0 Å². The van der Waals surface area contributed by atoms with Gasteiger partial charge in [-0.1, -0.05) is 0 Å². The number of halogens is 2. The quantitative estimate of drug-likeness (QED) is 0.768. The van der Waals surface area contributed by atoms with Gasteiger partial charge in [-0.25, -0.2) is 8.78 Å². The van der Waals surface area contributed by atoms with Crippen LogP contribution < -0.4 is 4.72 Å². The fourth-order valence-electron chi connectivity index (χ4n) is 0.770. The number of rotatable bonds is 5. The SMILES string of the molecule is Cc1ccc(SNC(CF)CF)cn1. The molecule has 0 aliphatic rings. The molecule has 2 nitrogen and oxygen atoms in total. The zero-order chi connectivity index (χ0) is 10.4. The van der Waals surface area contributed by atoms with Crippen LogP contribution in [0.1, 0.15) is 5.69 Å². The maximum absolute atomic E-state index is 12.1. The van der Waals surface area contributed by atoms with Gasteiger partial charge >= 0.3 is 0 Å². The molecular formula is C9H12F2N2S. The summed E-state index contributed by atoms with van der Waals surface area (Å²) in [6.07, 6.45) is 1.67. The fraction of sp³-hybridized carbons (Fsp3) is 0.444. The van der Waals surface area contributed by atoms with Crippen LogP contribution in [-0.4, -0.2) is 24.4 Å². The van der Waals surface area contributed by atoms with Gasteiger partial charge in [0.25, 0.3) is 0 Å². The number of hydrogen-bond acceptors (Lipinski definition) is 3. The first-order chi connectivity index (χ1) is 6.76. The maximum atomic E-state index is 12.1. The van der Waals surface area contributed by atoms with Gasteiger partial charge in [-0.3, -0.25) is 9.71 Å². The van der Waals surface area contributed by atoms with Gasteiger partial charge in [0.05, 0.1) is 6.04 Å². The topological polar surface area (TPSA) is 24.9 Å². The van der Waals surface area contributed by atoms with Gasteiger partial charge in [-0.2, -0.15) is 0 Å². The molecule has 0 unspecified atom stereocenters. The molecule has 0 aliphatic carbocycles. The number of alkyl halides is 2. The fourth-order valence-corrected chi connectivity index (χ4v) is 1.44. The summed E-state index contributed by atoms with van der Waals surface area (Å²) in [6, 6.07) is 2.97. The van der Waals surface area contributed by atoms with Gasteiger partial charge in [0, 0.05) is 16.8 Å².